The van der Waals surface area contributed by atoms with Crippen molar-refractivity contribution in [3.8, 4) is 0 Å². The zero-order valence-electron chi connectivity index (χ0n) is 13.9. The Hall–Kier alpha value is -1.57. The fourth-order valence-corrected chi connectivity index (χ4v) is 3.64. The number of nitrogens with one attached hydrogen (secondary N) is 2. The first-order valence-corrected chi connectivity index (χ1v) is 9.10. The maximum absolute atomic E-state index is 12.0. The number of nitrogens with zero attached hydrogens (tertiary/aromatic N) is 3. The van der Waals surface area contributed by atoms with Crippen LogP contribution in [0.4, 0.5) is 4.79 Å². The zero-order chi connectivity index (χ0) is 16.8. The molecular formula is C15H25N5O2S. The van der Waals surface area contributed by atoms with Crippen LogP contribution in [0.2, 0.25) is 0 Å². The number of urea groups is 1. The SMILES string of the molecule is CCn1cnnc1SCC(=O)NC(=O)NC1CCCC(C)C1C. The molecule has 1 heterocycles. The molecular weight excluding hydrogens is 314 g/mol. The molecule has 1 aromatic rings. The van der Waals surface area contributed by atoms with Gasteiger partial charge in [0.25, 0.3) is 0 Å². The summed E-state index contributed by atoms with van der Waals surface area (Å²) in [4.78, 5) is 23.9. The molecule has 3 amide bonds. The first-order chi connectivity index (χ1) is 11.0. The summed E-state index contributed by atoms with van der Waals surface area (Å²) in [6.07, 6.45) is 4.92. The highest BCUT2D eigenvalue weighted by Gasteiger charge is 2.28. The van der Waals surface area contributed by atoms with Gasteiger partial charge in [0.2, 0.25) is 5.91 Å². The third-order valence-corrected chi connectivity index (χ3v) is 5.51. The fraction of sp³-hybridized carbons (Fsp3) is 0.733. The van der Waals surface area contributed by atoms with Crippen molar-refractivity contribution in [3.05, 3.63) is 6.33 Å². The number of aromatic nitrogens is 3. The molecule has 7 nitrogen and oxygen atoms in total. The van der Waals surface area contributed by atoms with Crippen LogP contribution < -0.4 is 10.6 Å². The molecule has 2 rings (SSSR count). The van der Waals surface area contributed by atoms with Gasteiger partial charge in [0, 0.05) is 12.6 Å². The normalized spacial score (nSPS) is 24.2. The summed E-state index contributed by atoms with van der Waals surface area (Å²) in [6, 6.07) is -0.263. The Balaban J connectivity index is 1.75. The zero-order valence-corrected chi connectivity index (χ0v) is 14.7. The Morgan fingerprint density at radius 1 is 1.39 bits per heavy atom. The molecule has 0 bridgehead atoms. The van der Waals surface area contributed by atoms with Gasteiger partial charge in [-0.15, -0.1) is 10.2 Å². The van der Waals surface area contributed by atoms with Crippen molar-refractivity contribution in [2.24, 2.45) is 11.8 Å². The molecule has 3 unspecified atom stereocenters. The molecule has 0 radical (unpaired) electrons. The standard InChI is InChI=1S/C15H25N5O2S/c1-4-20-9-16-19-15(20)23-8-13(21)18-14(22)17-12-7-5-6-10(2)11(12)3/h9-12H,4-8H2,1-3H3,(H2,17,18,21,22). The minimum Gasteiger partial charge on any atom is -0.335 e. The molecule has 0 aromatic carbocycles. The first-order valence-electron chi connectivity index (χ1n) is 8.12. The molecule has 1 saturated carbocycles. The molecule has 0 saturated heterocycles. The Morgan fingerprint density at radius 2 is 2.17 bits per heavy atom. The van der Waals surface area contributed by atoms with Gasteiger partial charge < -0.3 is 9.88 Å². The minimum atomic E-state index is -0.404. The lowest BCUT2D eigenvalue weighted by Crippen LogP contribution is -2.49. The second-order valence-electron chi connectivity index (χ2n) is 6.08. The number of amides is 3. The highest BCUT2D eigenvalue weighted by Crippen LogP contribution is 2.29. The molecule has 0 aliphatic heterocycles. The third kappa shape index (κ3) is 4.95. The van der Waals surface area contributed by atoms with Crippen molar-refractivity contribution in [2.45, 2.75) is 57.8 Å². The van der Waals surface area contributed by atoms with E-state index < -0.39 is 6.03 Å². The monoisotopic (exact) mass is 339 g/mol. The van der Waals surface area contributed by atoms with E-state index in [1.165, 1.54) is 18.2 Å². The molecule has 3 atom stereocenters. The van der Waals surface area contributed by atoms with Crippen LogP contribution in [0.5, 0.6) is 0 Å². The predicted molar refractivity (Wildman–Crippen MR) is 89.1 cm³/mol. The van der Waals surface area contributed by atoms with Crippen LogP contribution in [0.3, 0.4) is 0 Å². The van der Waals surface area contributed by atoms with E-state index in [9.17, 15) is 9.59 Å². The smallest absolute Gasteiger partial charge is 0.321 e. The van der Waals surface area contributed by atoms with E-state index >= 15 is 0 Å². The van der Waals surface area contributed by atoms with Gasteiger partial charge in [0.15, 0.2) is 5.16 Å². The number of carbonyl (C=O) groups excluding carboxylic acids is 2. The Morgan fingerprint density at radius 3 is 2.91 bits per heavy atom. The summed E-state index contributed by atoms with van der Waals surface area (Å²) >= 11 is 1.27. The quantitative estimate of drug-likeness (QED) is 0.801. The number of hydrogen-bond donors (Lipinski definition) is 2. The topological polar surface area (TPSA) is 88.9 Å². The van der Waals surface area contributed by atoms with Crippen LogP contribution in [0, 0.1) is 11.8 Å². The highest BCUT2D eigenvalue weighted by molar-refractivity contribution is 7.99. The Labute approximate surface area is 141 Å². The molecule has 1 fully saturated rings. The lowest BCUT2D eigenvalue weighted by molar-refractivity contribution is -0.117. The fourth-order valence-electron chi connectivity index (χ4n) is 2.86. The summed E-state index contributed by atoms with van der Waals surface area (Å²) in [5.41, 5.74) is 0. The summed E-state index contributed by atoms with van der Waals surface area (Å²) < 4.78 is 1.85. The lowest BCUT2D eigenvalue weighted by atomic mass is 9.78. The van der Waals surface area contributed by atoms with Gasteiger partial charge in [0.05, 0.1) is 5.75 Å². The maximum atomic E-state index is 12.0. The molecule has 1 aliphatic carbocycles. The average Bonchev–Trinajstić information content (AvgIpc) is 2.97. The van der Waals surface area contributed by atoms with Crippen molar-refractivity contribution in [1.82, 2.24) is 25.4 Å². The molecule has 128 valence electrons. The number of aryl methyl sites for hydroxylation is 1. The molecule has 8 heteroatoms. The van der Waals surface area contributed by atoms with E-state index in [0.29, 0.717) is 17.0 Å². The van der Waals surface area contributed by atoms with Crippen molar-refractivity contribution in [2.75, 3.05) is 5.75 Å². The van der Waals surface area contributed by atoms with Gasteiger partial charge in [-0.2, -0.15) is 0 Å². The summed E-state index contributed by atoms with van der Waals surface area (Å²) in [5.74, 6) is 0.848. The van der Waals surface area contributed by atoms with Crippen molar-refractivity contribution >= 4 is 23.7 Å². The number of imide groups is 1. The number of rotatable bonds is 5. The van der Waals surface area contributed by atoms with Crippen molar-refractivity contribution in [3.63, 3.8) is 0 Å². The third-order valence-electron chi connectivity index (χ3n) is 4.53. The molecule has 0 spiro atoms. The molecule has 23 heavy (non-hydrogen) atoms. The lowest BCUT2D eigenvalue weighted by Gasteiger charge is -2.34. The maximum Gasteiger partial charge on any atom is 0.321 e. The molecule has 1 aliphatic rings. The van der Waals surface area contributed by atoms with E-state index in [-0.39, 0.29) is 17.7 Å². The summed E-state index contributed by atoms with van der Waals surface area (Å²) in [6.45, 7) is 7.09. The average molecular weight is 339 g/mol. The van der Waals surface area contributed by atoms with Gasteiger partial charge in [-0.05, 0) is 25.2 Å². The van der Waals surface area contributed by atoms with Gasteiger partial charge >= 0.3 is 6.03 Å². The van der Waals surface area contributed by atoms with Crippen molar-refractivity contribution in [1.29, 1.82) is 0 Å². The molecule has 2 N–H and O–H groups in total. The van der Waals surface area contributed by atoms with Crippen LogP contribution >= 0.6 is 11.8 Å². The van der Waals surface area contributed by atoms with Crippen LogP contribution in [0.25, 0.3) is 0 Å². The highest BCUT2D eigenvalue weighted by atomic mass is 32.2. The van der Waals surface area contributed by atoms with Gasteiger partial charge in [-0.1, -0.05) is 38.5 Å². The minimum absolute atomic E-state index is 0.141. The number of hydrogen-bond acceptors (Lipinski definition) is 5. The van der Waals surface area contributed by atoms with E-state index in [4.69, 9.17) is 0 Å². The van der Waals surface area contributed by atoms with Crippen LogP contribution in [0.15, 0.2) is 11.5 Å². The summed E-state index contributed by atoms with van der Waals surface area (Å²) in [7, 11) is 0. The Kier molecular flexibility index (Phi) is 6.44. The Bertz CT molecular complexity index is 548. The second kappa shape index (κ2) is 8.33. The van der Waals surface area contributed by atoms with Gasteiger partial charge in [0.1, 0.15) is 6.33 Å². The number of carbonyl (C=O) groups is 2. The van der Waals surface area contributed by atoms with E-state index in [1.54, 1.807) is 6.33 Å². The molecule has 1 aromatic heterocycles. The van der Waals surface area contributed by atoms with Crippen LogP contribution in [0.1, 0.15) is 40.0 Å². The van der Waals surface area contributed by atoms with Gasteiger partial charge in [-0.3, -0.25) is 10.1 Å². The van der Waals surface area contributed by atoms with Crippen LogP contribution in [-0.4, -0.2) is 38.5 Å². The first kappa shape index (κ1) is 17.8. The van der Waals surface area contributed by atoms with E-state index in [1.807, 2.05) is 11.5 Å². The second-order valence-corrected chi connectivity index (χ2v) is 7.03. The van der Waals surface area contributed by atoms with E-state index in [0.717, 1.165) is 19.4 Å². The summed E-state index contributed by atoms with van der Waals surface area (Å²) in [5, 5.41) is 13.8. The van der Waals surface area contributed by atoms with Crippen LogP contribution in [-0.2, 0) is 11.3 Å². The number of thioether (sulfide) groups is 1. The van der Waals surface area contributed by atoms with Crippen molar-refractivity contribution < 1.29 is 9.59 Å². The largest absolute Gasteiger partial charge is 0.335 e. The van der Waals surface area contributed by atoms with E-state index in [2.05, 4.69) is 34.7 Å². The van der Waals surface area contributed by atoms with Gasteiger partial charge in [-0.25, -0.2) is 4.79 Å². The predicted octanol–water partition coefficient (Wildman–Crippen LogP) is 2.04.